The fraction of sp³-hybridized carbons (Fsp3) is 0.200. The van der Waals surface area contributed by atoms with Gasteiger partial charge < -0.3 is 4.18 Å². The molecule has 22 heavy (non-hydrogen) atoms. The molecule has 0 saturated carbocycles. The number of hydrogen-bond donors (Lipinski definition) is 0. The summed E-state index contributed by atoms with van der Waals surface area (Å²) >= 11 is 0. The third kappa shape index (κ3) is 3.43. The van der Waals surface area contributed by atoms with E-state index in [-0.39, 0.29) is 22.3 Å². The fourth-order valence-electron chi connectivity index (χ4n) is 1.86. The van der Waals surface area contributed by atoms with Gasteiger partial charge in [0, 0.05) is 6.07 Å². The molecule has 0 aromatic heterocycles. The first kappa shape index (κ1) is 16.0. The van der Waals surface area contributed by atoms with E-state index in [0.29, 0.717) is 0 Å². The van der Waals surface area contributed by atoms with Gasteiger partial charge in [-0.1, -0.05) is 38.1 Å². The fourth-order valence-corrected chi connectivity index (χ4v) is 2.82. The van der Waals surface area contributed by atoms with Crippen LogP contribution in [0, 0.1) is 10.1 Å². The van der Waals surface area contributed by atoms with Crippen molar-refractivity contribution in [2.24, 2.45) is 0 Å². The maximum Gasteiger partial charge on any atom is 0.339 e. The van der Waals surface area contributed by atoms with E-state index in [2.05, 4.69) is 0 Å². The summed E-state index contributed by atoms with van der Waals surface area (Å²) < 4.78 is 29.4. The van der Waals surface area contributed by atoms with Gasteiger partial charge in [0.05, 0.1) is 4.92 Å². The molecule has 0 N–H and O–H groups in total. The Labute approximate surface area is 128 Å². The van der Waals surface area contributed by atoms with E-state index < -0.39 is 15.0 Å². The summed E-state index contributed by atoms with van der Waals surface area (Å²) in [7, 11) is -4.12. The Morgan fingerprint density at radius 2 is 1.73 bits per heavy atom. The second kappa shape index (κ2) is 6.15. The van der Waals surface area contributed by atoms with Gasteiger partial charge in [-0.2, -0.15) is 8.42 Å². The van der Waals surface area contributed by atoms with Crippen molar-refractivity contribution in [1.29, 1.82) is 0 Å². The molecule has 116 valence electrons. The summed E-state index contributed by atoms with van der Waals surface area (Å²) in [6, 6.07) is 11.7. The molecule has 0 atom stereocenters. The molecule has 0 spiro atoms. The lowest BCUT2D eigenvalue weighted by molar-refractivity contribution is -0.385. The minimum atomic E-state index is -4.12. The lowest BCUT2D eigenvalue weighted by atomic mass is 10.0. The van der Waals surface area contributed by atoms with Crippen molar-refractivity contribution in [1.82, 2.24) is 0 Å². The molecule has 2 aromatic rings. The highest BCUT2D eigenvalue weighted by Gasteiger charge is 2.24. The Morgan fingerprint density at radius 1 is 1.09 bits per heavy atom. The minimum absolute atomic E-state index is 0.0563. The standard InChI is InChI=1S/C15H15NO5S/c1-11(2)12-8-9-14(16(17)18)15(10-12)21-22(19,20)13-6-4-3-5-7-13/h3-11H,1-2H3. The van der Waals surface area contributed by atoms with Crippen molar-refractivity contribution in [2.75, 3.05) is 0 Å². The zero-order chi connectivity index (χ0) is 16.3. The highest BCUT2D eigenvalue weighted by atomic mass is 32.2. The molecule has 0 aliphatic carbocycles. The van der Waals surface area contributed by atoms with Crippen molar-refractivity contribution in [2.45, 2.75) is 24.7 Å². The number of nitrogens with zero attached hydrogens (tertiary/aromatic N) is 1. The molecular formula is C15H15NO5S. The van der Waals surface area contributed by atoms with Crippen LogP contribution in [0.4, 0.5) is 5.69 Å². The summed E-state index contributed by atoms with van der Waals surface area (Å²) in [6.07, 6.45) is 0. The predicted octanol–water partition coefficient (Wildman–Crippen LogP) is 3.49. The number of benzene rings is 2. The van der Waals surface area contributed by atoms with Crippen LogP contribution in [0.25, 0.3) is 0 Å². The summed E-state index contributed by atoms with van der Waals surface area (Å²) in [5.74, 6) is -0.192. The number of hydrogen-bond acceptors (Lipinski definition) is 5. The molecular weight excluding hydrogens is 306 g/mol. The highest BCUT2D eigenvalue weighted by Crippen LogP contribution is 2.32. The second-order valence-electron chi connectivity index (χ2n) is 4.99. The van der Waals surface area contributed by atoms with Crippen molar-refractivity contribution in [3.8, 4) is 5.75 Å². The molecule has 0 radical (unpaired) electrons. The van der Waals surface area contributed by atoms with Crippen LogP contribution in [0.15, 0.2) is 53.4 Å². The first-order valence-corrected chi connectivity index (χ1v) is 8.00. The third-order valence-corrected chi connectivity index (χ3v) is 4.33. The average molecular weight is 321 g/mol. The van der Waals surface area contributed by atoms with E-state index in [1.165, 1.54) is 24.3 Å². The molecule has 0 bridgehead atoms. The van der Waals surface area contributed by atoms with Crippen LogP contribution in [0.5, 0.6) is 5.75 Å². The van der Waals surface area contributed by atoms with E-state index in [1.807, 2.05) is 13.8 Å². The number of nitro groups is 1. The molecule has 2 rings (SSSR count). The molecule has 0 aliphatic rings. The van der Waals surface area contributed by atoms with E-state index in [0.717, 1.165) is 5.56 Å². The molecule has 6 nitrogen and oxygen atoms in total. The molecule has 2 aromatic carbocycles. The Balaban J connectivity index is 2.47. The first-order valence-electron chi connectivity index (χ1n) is 6.59. The molecule has 0 aliphatic heterocycles. The van der Waals surface area contributed by atoms with Crippen LogP contribution in [-0.2, 0) is 10.1 Å². The van der Waals surface area contributed by atoms with Gasteiger partial charge in [-0.3, -0.25) is 10.1 Å². The highest BCUT2D eigenvalue weighted by molar-refractivity contribution is 7.87. The normalized spacial score (nSPS) is 11.4. The van der Waals surface area contributed by atoms with Crippen LogP contribution in [-0.4, -0.2) is 13.3 Å². The molecule has 7 heteroatoms. The Morgan fingerprint density at radius 3 is 2.27 bits per heavy atom. The van der Waals surface area contributed by atoms with Gasteiger partial charge in [0.2, 0.25) is 5.75 Å². The average Bonchev–Trinajstić information content (AvgIpc) is 2.47. The summed E-state index contributed by atoms with van der Waals surface area (Å²) in [6.45, 7) is 3.80. The first-order chi connectivity index (χ1) is 10.3. The summed E-state index contributed by atoms with van der Waals surface area (Å²) in [4.78, 5) is 10.3. The van der Waals surface area contributed by atoms with E-state index in [9.17, 15) is 18.5 Å². The van der Waals surface area contributed by atoms with Gasteiger partial charge in [-0.05, 0) is 29.7 Å². The Hall–Kier alpha value is -2.41. The maximum atomic E-state index is 12.2. The van der Waals surface area contributed by atoms with E-state index in [1.54, 1.807) is 24.3 Å². The van der Waals surface area contributed by atoms with Crippen molar-refractivity contribution in [3.05, 3.63) is 64.2 Å². The Bertz CT molecular complexity index is 785. The third-order valence-electron chi connectivity index (χ3n) is 3.08. The topological polar surface area (TPSA) is 86.5 Å². The number of nitro benzene ring substituents is 1. The second-order valence-corrected chi connectivity index (χ2v) is 6.54. The van der Waals surface area contributed by atoms with Crippen LogP contribution in [0.3, 0.4) is 0 Å². The number of rotatable bonds is 5. The minimum Gasteiger partial charge on any atom is -0.372 e. The van der Waals surface area contributed by atoms with Crippen LogP contribution in [0.1, 0.15) is 25.3 Å². The van der Waals surface area contributed by atoms with Crippen LogP contribution < -0.4 is 4.18 Å². The maximum absolute atomic E-state index is 12.2. The van der Waals surface area contributed by atoms with Crippen LogP contribution >= 0.6 is 0 Å². The van der Waals surface area contributed by atoms with Gasteiger partial charge in [-0.15, -0.1) is 0 Å². The lowest BCUT2D eigenvalue weighted by Crippen LogP contribution is -2.11. The Kier molecular flexibility index (Phi) is 4.46. The summed E-state index contributed by atoms with van der Waals surface area (Å²) in [5, 5.41) is 11.1. The molecule has 0 heterocycles. The quantitative estimate of drug-likeness (QED) is 0.478. The largest absolute Gasteiger partial charge is 0.372 e. The molecule has 0 fully saturated rings. The van der Waals surface area contributed by atoms with Gasteiger partial charge in [-0.25, -0.2) is 0 Å². The van der Waals surface area contributed by atoms with Gasteiger partial charge >= 0.3 is 15.8 Å². The SMILES string of the molecule is CC(C)c1ccc([N+](=O)[O-])c(OS(=O)(=O)c2ccccc2)c1. The van der Waals surface area contributed by atoms with Gasteiger partial charge in [0.1, 0.15) is 4.90 Å². The predicted molar refractivity (Wildman–Crippen MR) is 81.4 cm³/mol. The van der Waals surface area contributed by atoms with Crippen molar-refractivity contribution in [3.63, 3.8) is 0 Å². The van der Waals surface area contributed by atoms with Crippen molar-refractivity contribution >= 4 is 15.8 Å². The van der Waals surface area contributed by atoms with E-state index in [4.69, 9.17) is 4.18 Å². The smallest absolute Gasteiger partial charge is 0.339 e. The van der Waals surface area contributed by atoms with Crippen LogP contribution in [0.2, 0.25) is 0 Å². The van der Waals surface area contributed by atoms with Gasteiger partial charge in [0.25, 0.3) is 0 Å². The molecule has 0 unspecified atom stereocenters. The van der Waals surface area contributed by atoms with Gasteiger partial charge in [0.15, 0.2) is 0 Å². The zero-order valence-corrected chi connectivity index (χ0v) is 12.9. The monoisotopic (exact) mass is 321 g/mol. The summed E-state index contributed by atoms with van der Waals surface area (Å²) in [5.41, 5.74) is 0.368. The van der Waals surface area contributed by atoms with E-state index >= 15 is 0 Å². The molecule has 0 amide bonds. The zero-order valence-electron chi connectivity index (χ0n) is 12.1. The van der Waals surface area contributed by atoms with Crippen molar-refractivity contribution < 1.29 is 17.5 Å². The lowest BCUT2D eigenvalue weighted by Gasteiger charge is -2.10. The molecule has 0 saturated heterocycles.